The first-order valence-electron chi connectivity index (χ1n) is 7.82. The monoisotopic (exact) mass is 313 g/mol. The number of carbonyl (C=O) groups is 2. The molecular formula is C18H19NO4. The van der Waals surface area contributed by atoms with Crippen molar-refractivity contribution in [2.24, 2.45) is 0 Å². The summed E-state index contributed by atoms with van der Waals surface area (Å²) in [5.41, 5.74) is 2.65. The average molecular weight is 313 g/mol. The van der Waals surface area contributed by atoms with Crippen LogP contribution in [-0.2, 0) is 19.3 Å². The maximum absolute atomic E-state index is 12.3. The van der Waals surface area contributed by atoms with Crippen LogP contribution < -0.4 is 5.32 Å². The van der Waals surface area contributed by atoms with Crippen molar-refractivity contribution in [2.75, 3.05) is 0 Å². The molecular weight excluding hydrogens is 294 g/mol. The van der Waals surface area contributed by atoms with Crippen LogP contribution in [0.1, 0.15) is 51.1 Å². The molecule has 0 radical (unpaired) electrons. The molecule has 1 amide bonds. The number of hydrogen-bond acceptors (Lipinski definition) is 3. The molecule has 120 valence electrons. The van der Waals surface area contributed by atoms with E-state index in [1.165, 1.54) is 17.2 Å². The minimum Gasteiger partial charge on any atom is -0.478 e. The molecule has 0 fully saturated rings. The minimum atomic E-state index is -1.07. The SMILES string of the molecule is CCc1oc(C(=O)NC2CCc3ccccc3C2)cc1C(=O)O. The van der Waals surface area contributed by atoms with Crippen molar-refractivity contribution >= 4 is 11.9 Å². The smallest absolute Gasteiger partial charge is 0.339 e. The number of carboxylic acid groups (broad SMARTS) is 1. The van der Waals surface area contributed by atoms with Gasteiger partial charge in [-0.1, -0.05) is 31.2 Å². The molecule has 1 heterocycles. The highest BCUT2D eigenvalue weighted by atomic mass is 16.4. The Morgan fingerprint density at radius 3 is 2.70 bits per heavy atom. The lowest BCUT2D eigenvalue weighted by molar-refractivity contribution is 0.0694. The predicted octanol–water partition coefficient (Wildman–Crippen LogP) is 2.83. The van der Waals surface area contributed by atoms with E-state index in [1.807, 2.05) is 12.1 Å². The van der Waals surface area contributed by atoms with Crippen molar-refractivity contribution in [3.8, 4) is 0 Å². The van der Waals surface area contributed by atoms with Crippen LogP contribution in [0.4, 0.5) is 0 Å². The second kappa shape index (κ2) is 6.28. The molecule has 1 atom stereocenters. The van der Waals surface area contributed by atoms with Gasteiger partial charge in [-0.05, 0) is 30.4 Å². The number of nitrogens with one attached hydrogen (secondary N) is 1. The van der Waals surface area contributed by atoms with Crippen molar-refractivity contribution in [3.63, 3.8) is 0 Å². The van der Waals surface area contributed by atoms with Gasteiger partial charge in [-0.15, -0.1) is 0 Å². The van der Waals surface area contributed by atoms with Crippen LogP contribution in [-0.4, -0.2) is 23.0 Å². The molecule has 1 aliphatic carbocycles. The van der Waals surface area contributed by atoms with Crippen LogP contribution in [0.25, 0.3) is 0 Å². The lowest BCUT2D eigenvalue weighted by Crippen LogP contribution is -2.38. The number of benzene rings is 1. The van der Waals surface area contributed by atoms with Gasteiger partial charge in [-0.2, -0.15) is 0 Å². The van der Waals surface area contributed by atoms with Crippen molar-refractivity contribution in [3.05, 3.63) is 58.5 Å². The number of carbonyl (C=O) groups excluding carboxylic acids is 1. The Labute approximate surface area is 134 Å². The highest BCUT2D eigenvalue weighted by Crippen LogP contribution is 2.22. The molecule has 1 aromatic heterocycles. The zero-order valence-electron chi connectivity index (χ0n) is 13.0. The number of rotatable bonds is 4. The van der Waals surface area contributed by atoms with Gasteiger partial charge in [-0.25, -0.2) is 4.79 Å². The van der Waals surface area contributed by atoms with Crippen LogP contribution in [0.2, 0.25) is 0 Å². The predicted molar refractivity (Wildman–Crippen MR) is 84.8 cm³/mol. The summed E-state index contributed by atoms with van der Waals surface area (Å²) in [6.07, 6.45) is 3.02. The fourth-order valence-corrected chi connectivity index (χ4v) is 3.06. The van der Waals surface area contributed by atoms with E-state index in [4.69, 9.17) is 9.52 Å². The summed E-state index contributed by atoms with van der Waals surface area (Å²) in [5.74, 6) is -1.03. The average Bonchev–Trinajstić information content (AvgIpc) is 2.99. The van der Waals surface area contributed by atoms with Crippen LogP contribution in [0, 0.1) is 0 Å². The standard InChI is InChI=1S/C18H19NO4/c1-2-15-14(18(21)22)10-16(23-15)17(20)19-13-8-7-11-5-3-4-6-12(11)9-13/h3-6,10,13H,2,7-9H2,1H3,(H,19,20)(H,21,22). The van der Waals surface area contributed by atoms with Crippen LogP contribution >= 0.6 is 0 Å². The van der Waals surface area contributed by atoms with E-state index < -0.39 is 5.97 Å². The van der Waals surface area contributed by atoms with Gasteiger partial charge < -0.3 is 14.8 Å². The van der Waals surface area contributed by atoms with E-state index in [-0.39, 0.29) is 23.3 Å². The minimum absolute atomic E-state index is 0.0425. The van der Waals surface area contributed by atoms with Crippen molar-refractivity contribution in [1.29, 1.82) is 0 Å². The Morgan fingerprint density at radius 2 is 2.04 bits per heavy atom. The van der Waals surface area contributed by atoms with E-state index in [2.05, 4.69) is 17.4 Å². The Balaban J connectivity index is 1.72. The molecule has 0 bridgehead atoms. The molecule has 23 heavy (non-hydrogen) atoms. The molecule has 2 N–H and O–H groups in total. The largest absolute Gasteiger partial charge is 0.478 e. The molecule has 0 spiro atoms. The van der Waals surface area contributed by atoms with E-state index in [0.29, 0.717) is 12.2 Å². The Bertz CT molecular complexity index is 747. The first-order valence-corrected chi connectivity index (χ1v) is 7.82. The first-order chi connectivity index (χ1) is 11.1. The van der Waals surface area contributed by atoms with Crippen molar-refractivity contribution < 1.29 is 19.1 Å². The topological polar surface area (TPSA) is 79.5 Å². The second-order valence-corrected chi connectivity index (χ2v) is 5.79. The molecule has 5 nitrogen and oxygen atoms in total. The highest BCUT2D eigenvalue weighted by molar-refractivity contribution is 5.96. The molecule has 2 aromatic rings. The maximum atomic E-state index is 12.3. The van der Waals surface area contributed by atoms with Gasteiger partial charge in [0.15, 0.2) is 5.76 Å². The van der Waals surface area contributed by atoms with Gasteiger partial charge in [0, 0.05) is 18.5 Å². The van der Waals surface area contributed by atoms with Gasteiger partial charge in [0.2, 0.25) is 0 Å². The zero-order chi connectivity index (χ0) is 16.4. The van der Waals surface area contributed by atoms with Crippen LogP contribution in [0.15, 0.2) is 34.7 Å². The maximum Gasteiger partial charge on any atom is 0.339 e. The second-order valence-electron chi connectivity index (χ2n) is 5.79. The molecule has 1 aromatic carbocycles. The van der Waals surface area contributed by atoms with Gasteiger partial charge >= 0.3 is 5.97 Å². The quantitative estimate of drug-likeness (QED) is 0.909. The number of amides is 1. The Kier molecular flexibility index (Phi) is 4.19. The van der Waals surface area contributed by atoms with Crippen molar-refractivity contribution in [1.82, 2.24) is 5.32 Å². The van der Waals surface area contributed by atoms with E-state index in [0.717, 1.165) is 19.3 Å². The number of fused-ring (bicyclic) bond motifs is 1. The number of hydrogen-bond donors (Lipinski definition) is 2. The number of carboxylic acids is 1. The van der Waals surface area contributed by atoms with Gasteiger partial charge in [0.05, 0.1) is 0 Å². The van der Waals surface area contributed by atoms with Gasteiger partial charge in [0.1, 0.15) is 11.3 Å². The molecule has 1 unspecified atom stereocenters. The Hall–Kier alpha value is -2.56. The summed E-state index contributed by atoms with van der Waals surface area (Å²) in [5, 5.41) is 12.1. The lowest BCUT2D eigenvalue weighted by atomic mass is 9.88. The molecule has 0 saturated heterocycles. The summed E-state index contributed by atoms with van der Waals surface area (Å²) < 4.78 is 5.41. The van der Waals surface area contributed by atoms with Crippen molar-refractivity contribution in [2.45, 2.75) is 38.6 Å². The van der Waals surface area contributed by atoms with Gasteiger partial charge in [0.25, 0.3) is 5.91 Å². The zero-order valence-corrected chi connectivity index (χ0v) is 13.0. The third kappa shape index (κ3) is 3.13. The van der Waals surface area contributed by atoms with Gasteiger partial charge in [-0.3, -0.25) is 4.79 Å². The number of aromatic carboxylic acids is 1. The lowest BCUT2D eigenvalue weighted by Gasteiger charge is -2.25. The number of aryl methyl sites for hydroxylation is 2. The van der Waals surface area contributed by atoms with E-state index in [9.17, 15) is 9.59 Å². The summed E-state index contributed by atoms with van der Waals surface area (Å²) in [6.45, 7) is 1.80. The highest BCUT2D eigenvalue weighted by Gasteiger charge is 2.24. The van der Waals surface area contributed by atoms with Crippen LogP contribution in [0.3, 0.4) is 0 Å². The molecule has 1 aliphatic rings. The van der Waals surface area contributed by atoms with E-state index >= 15 is 0 Å². The molecule has 5 heteroatoms. The summed E-state index contributed by atoms with van der Waals surface area (Å²) in [6, 6.07) is 9.58. The molecule has 3 rings (SSSR count). The fourth-order valence-electron chi connectivity index (χ4n) is 3.06. The fraction of sp³-hybridized carbons (Fsp3) is 0.333. The summed E-state index contributed by atoms with van der Waals surface area (Å²) >= 11 is 0. The number of furan rings is 1. The third-order valence-corrected chi connectivity index (χ3v) is 4.27. The van der Waals surface area contributed by atoms with E-state index in [1.54, 1.807) is 6.92 Å². The normalized spacial score (nSPS) is 16.7. The van der Waals surface area contributed by atoms with Crippen LogP contribution in [0.5, 0.6) is 0 Å². The summed E-state index contributed by atoms with van der Waals surface area (Å²) in [4.78, 5) is 23.5. The Morgan fingerprint density at radius 1 is 1.30 bits per heavy atom. The summed E-state index contributed by atoms with van der Waals surface area (Å²) in [7, 11) is 0. The molecule has 0 aliphatic heterocycles. The first kappa shape index (κ1) is 15.3. The third-order valence-electron chi connectivity index (χ3n) is 4.27. The molecule has 0 saturated carbocycles.